The fraction of sp³-hybridized carbons (Fsp3) is 0.500. The molecule has 0 bridgehead atoms. The topological polar surface area (TPSA) is 57.5 Å². The van der Waals surface area contributed by atoms with E-state index in [2.05, 4.69) is 0 Å². The smallest absolute Gasteiger partial charge is 0.303 e. The molecule has 0 atom stereocenters. The van der Waals surface area contributed by atoms with Gasteiger partial charge in [0, 0.05) is 9.75 Å². The summed E-state index contributed by atoms with van der Waals surface area (Å²) in [6.45, 7) is 0. The van der Waals surface area contributed by atoms with Crippen molar-refractivity contribution in [2.45, 2.75) is 31.6 Å². The predicted molar refractivity (Wildman–Crippen MR) is 53.9 cm³/mol. The Bertz CT molecular complexity index is 352. The summed E-state index contributed by atoms with van der Waals surface area (Å²) in [5.41, 5.74) is 0. The summed E-state index contributed by atoms with van der Waals surface area (Å²) in [5.74, 6) is 0.0911. The molecule has 0 unspecified atom stereocenters. The minimum atomic E-state index is -0.814. The quantitative estimate of drug-likeness (QED) is 0.805. The molecule has 14 heavy (non-hydrogen) atoms. The Morgan fingerprint density at radius 1 is 1.57 bits per heavy atom. The normalized spacial score (nSPS) is 15.7. The largest absolute Gasteiger partial charge is 0.507 e. The van der Waals surface area contributed by atoms with Gasteiger partial charge in [-0.25, -0.2) is 0 Å². The molecule has 1 fully saturated rings. The number of aryl methyl sites for hydroxylation is 1. The van der Waals surface area contributed by atoms with E-state index in [0.717, 1.165) is 4.88 Å². The fourth-order valence-corrected chi connectivity index (χ4v) is 2.63. The second-order valence-corrected chi connectivity index (χ2v) is 4.79. The molecule has 3 nitrogen and oxygen atoms in total. The highest BCUT2D eigenvalue weighted by molar-refractivity contribution is 7.12. The molecule has 1 aliphatic rings. The maximum atomic E-state index is 10.4. The van der Waals surface area contributed by atoms with Crippen LogP contribution in [0.25, 0.3) is 0 Å². The Kier molecular flexibility index (Phi) is 2.46. The molecular formula is C10H12O3S. The van der Waals surface area contributed by atoms with Crippen LogP contribution in [-0.4, -0.2) is 16.2 Å². The Labute approximate surface area is 86.0 Å². The zero-order chi connectivity index (χ0) is 10.1. The van der Waals surface area contributed by atoms with Crippen molar-refractivity contribution in [1.82, 2.24) is 0 Å². The van der Waals surface area contributed by atoms with Crippen LogP contribution in [0.3, 0.4) is 0 Å². The van der Waals surface area contributed by atoms with Gasteiger partial charge in [0.05, 0.1) is 6.42 Å². The number of carboxylic acids is 1. The molecule has 1 aromatic rings. The Morgan fingerprint density at radius 2 is 2.29 bits per heavy atom. The number of hydrogen-bond donors (Lipinski definition) is 2. The summed E-state index contributed by atoms with van der Waals surface area (Å²) in [5, 5.41) is 18.1. The summed E-state index contributed by atoms with van der Waals surface area (Å²) < 4.78 is 0. The number of aliphatic carboxylic acids is 1. The molecule has 1 saturated carbocycles. The van der Waals surface area contributed by atoms with E-state index in [1.807, 2.05) is 0 Å². The molecule has 4 heteroatoms. The van der Waals surface area contributed by atoms with Gasteiger partial charge in [-0.1, -0.05) is 0 Å². The van der Waals surface area contributed by atoms with Crippen molar-refractivity contribution in [3.8, 4) is 5.75 Å². The van der Waals surface area contributed by atoms with E-state index in [1.165, 1.54) is 17.7 Å². The van der Waals surface area contributed by atoms with Gasteiger partial charge in [0.1, 0.15) is 5.75 Å². The Balaban J connectivity index is 2.04. The molecule has 2 N–H and O–H groups in total. The first kappa shape index (κ1) is 9.52. The van der Waals surface area contributed by atoms with Crippen LogP contribution in [-0.2, 0) is 11.2 Å². The molecule has 0 amide bonds. The van der Waals surface area contributed by atoms with Crippen molar-refractivity contribution < 1.29 is 15.0 Å². The highest BCUT2D eigenvalue weighted by Crippen LogP contribution is 2.46. The molecule has 1 aromatic heterocycles. The fourth-order valence-electron chi connectivity index (χ4n) is 1.41. The number of carboxylic acid groups (broad SMARTS) is 1. The standard InChI is InChI=1S/C10H12O3S/c11-7-5-9(6-1-2-6)14-8(7)3-4-10(12)13/h5-6,11H,1-4H2,(H,12,13). The van der Waals surface area contributed by atoms with Crippen molar-refractivity contribution in [2.24, 2.45) is 0 Å². The van der Waals surface area contributed by atoms with Crippen LogP contribution in [0.15, 0.2) is 6.07 Å². The molecule has 1 heterocycles. The lowest BCUT2D eigenvalue weighted by molar-refractivity contribution is -0.136. The van der Waals surface area contributed by atoms with Gasteiger partial charge in [-0.05, 0) is 31.2 Å². The van der Waals surface area contributed by atoms with E-state index in [4.69, 9.17) is 5.11 Å². The van der Waals surface area contributed by atoms with Gasteiger partial charge < -0.3 is 10.2 Å². The molecule has 0 radical (unpaired) electrons. The summed E-state index contributed by atoms with van der Waals surface area (Å²) >= 11 is 1.56. The van der Waals surface area contributed by atoms with Crippen LogP contribution >= 0.6 is 11.3 Å². The predicted octanol–water partition coefficient (Wildman–Crippen LogP) is 2.35. The van der Waals surface area contributed by atoms with E-state index in [1.54, 1.807) is 17.4 Å². The minimum Gasteiger partial charge on any atom is -0.507 e. The van der Waals surface area contributed by atoms with E-state index in [9.17, 15) is 9.90 Å². The summed E-state index contributed by atoms with van der Waals surface area (Å²) in [7, 11) is 0. The lowest BCUT2D eigenvalue weighted by Gasteiger charge is -1.93. The molecule has 2 rings (SSSR count). The highest BCUT2D eigenvalue weighted by atomic mass is 32.1. The highest BCUT2D eigenvalue weighted by Gasteiger charge is 2.26. The summed E-state index contributed by atoms with van der Waals surface area (Å²) in [4.78, 5) is 12.4. The third-order valence-electron chi connectivity index (χ3n) is 2.35. The maximum Gasteiger partial charge on any atom is 0.303 e. The lowest BCUT2D eigenvalue weighted by atomic mass is 10.2. The summed E-state index contributed by atoms with van der Waals surface area (Å²) in [6.07, 6.45) is 2.95. The van der Waals surface area contributed by atoms with Crippen molar-refractivity contribution in [1.29, 1.82) is 0 Å². The van der Waals surface area contributed by atoms with E-state index in [0.29, 0.717) is 12.3 Å². The molecule has 0 saturated heterocycles. The van der Waals surface area contributed by atoms with Crippen LogP contribution in [0.1, 0.15) is 34.9 Å². The molecule has 0 spiro atoms. The van der Waals surface area contributed by atoms with Crippen molar-refractivity contribution >= 4 is 17.3 Å². The van der Waals surface area contributed by atoms with E-state index >= 15 is 0 Å². The molecule has 1 aliphatic carbocycles. The average Bonchev–Trinajstić information content (AvgIpc) is 2.88. The van der Waals surface area contributed by atoms with E-state index < -0.39 is 5.97 Å². The number of carbonyl (C=O) groups is 1. The van der Waals surface area contributed by atoms with Gasteiger partial charge in [0.2, 0.25) is 0 Å². The second-order valence-electron chi connectivity index (χ2n) is 3.63. The SMILES string of the molecule is O=C(O)CCc1sc(C2CC2)cc1O. The Hall–Kier alpha value is -1.03. The van der Waals surface area contributed by atoms with Gasteiger partial charge in [-0.3, -0.25) is 4.79 Å². The van der Waals surface area contributed by atoms with Crippen molar-refractivity contribution in [2.75, 3.05) is 0 Å². The van der Waals surface area contributed by atoms with Crippen LogP contribution in [0.4, 0.5) is 0 Å². The second kappa shape index (κ2) is 3.61. The van der Waals surface area contributed by atoms with Gasteiger partial charge >= 0.3 is 5.97 Å². The Morgan fingerprint density at radius 3 is 2.86 bits per heavy atom. The van der Waals surface area contributed by atoms with Crippen LogP contribution in [0.2, 0.25) is 0 Å². The number of rotatable bonds is 4. The number of thiophene rings is 1. The third-order valence-corrected chi connectivity index (χ3v) is 3.70. The maximum absolute atomic E-state index is 10.4. The molecular weight excluding hydrogens is 200 g/mol. The monoisotopic (exact) mass is 212 g/mol. The zero-order valence-electron chi connectivity index (χ0n) is 7.69. The molecule has 0 aromatic carbocycles. The first-order valence-corrected chi connectivity index (χ1v) is 5.52. The minimum absolute atomic E-state index is 0.0954. The zero-order valence-corrected chi connectivity index (χ0v) is 8.51. The van der Waals surface area contributed by atoms with Gasteiger partial charge in [0.15, 0.2) is 0 Å². The third kappa shape index (κ3) is 2.07. The van der Waals surface area contributed by atoms with Crippen LogP contribution in [0.5, 0.6) is 5.75 Å². The van der Waals surface area contributed by atoms with Crippen molar-refractivity contribution in [3.05, 3.63) is 15.8 Å². The van der Waals surface area contributed by atoms with Crippen molar-refractivity contribution in [3.63, 3.8) is 0 Å². The van der Waals surface area contributed by atoms with E-state index in [-0.39, 0.29) is 12.2 Å². The van der Waals surface area contributed by atoms with Gasteiger partial charge in [-0.2, -0.15) is 0 Å². The van der Waals surface area contributed by atoms with Gasteiger partial charge in [0.25, 0.3) is 0 Å². The van der Waals surface area contributed by atoms with Gasteiger partial charge in [-0.15, -0.1) is 11.3 Å². The average molecular weight is 212 g/mol. The lowest BCUT2D eigenvalue weighted by Crippen LogP contribution is -1.95. The van der Waals surface area contributed by atoms with Crippen LogP contribution in [0, 0.1) is 0 Å². The molecule has 0 aliphatic heterocycles. The molecule has 76 valence electrons. The first-order chi connectivity index (χ1) is 6.66. The number of aromatic hydroxyl groups is 1. The summed E-state index contributed by atoms with van der Waals surface area (Å²) in [6, 6.07) is 1.79. The number of hydrogen-bond acceptors (Lipinski definition) is 3. The first-order valence-electron chi connectivity index (χ1n) is 4.70. The van der Waals surface area contributed by atoms with Crippen LogP contribution < -0.4 is 0 Å².